The van der Waals surface area contributed by atoms with E-state index in [4.69, 9.17) is 9.47 Å². The van der Waals surface area contributed by atoms with Crippen LogP contribution in [0.25, 0.3) is 0 Å². The van der Waals surface area contributed by atoms with Gasteiger partial charge in [-0.25, -0.2) is 0 Å². The zero-order chi connectivity index (χ0) is 9.68. The summed E-state index contributed by atoms with van der Waals surface area (Å²) < 4.78 is 10.9. The van der Waals surface area contributed by atoms with E-state index in [1.54, 1.807) is 25.3 Å². The van der Waals surface area contributed by atoms with Crippen LogP contribution in [0.2, 0.25) is 0 Å². The second kappa shape index (κ2) is 5.18. The van der Waals surface area contributed by atoms with Crippen molar-refractivity contribution in [1.82, 2.24) is 0 Å². The fourth-order valence-corrected chi connectivity index (χ4v) is 1.52. The van der Waals surface area contributed by atoms with Gasteiger partial charge in [-0.3, -0.25) is 4.79 Å². The van der Waals surface area contributed by atoms with E-state index in [2.05, 4.69) is 22.6 Å². The van der Waals surface area contributed by atoms with Crippen molar-refractivity contribution in [1.29, 1.82) is 0 Å². The quantitative estimate of drug-likeness (QED) is 0.484. The van der Waals surface area contributed by atoms with Gasteiger partial charge in [-0.1, -0.05) is 0 Å². The molecular weight excluding hydrogens is 283 g/mol. The van der Waals surface area contributed by atoms with Gasteiger partial charge in [-0.2, -0.15) is 0 Å². The van der Waals surface area contributed by atoms with Crippen LogP contribution in [0.1, 0.15) is 10.4 Å². The van der Waals surface area contributed by atoms with E-state index in [1.165, 1.54) is 0 Å². The van der Waals surface area contributed by atoms with Gasteiger partial charge < -0.3 is 9.47 Å². The number of rotatable bonds is 4. The highest BCUT2D eigenvalue weighted by atomic mass is 127. The van der Waals surface area contributed by atoms with E-state index in [0.29, 0.717) is 5.56 Å². The maximum atomic E-state index is 10.4. The summed E-state index contributed by atoms with van der Waals surface area (Å²) in [4.78, 5) is 10.4. The fraction of sp³-hybridized carbons (Fsp3) is 0.222. The minimum Gasteiger partial charge on any atom is -0.466 e. The molecule has 0 atom stereocenters. The van der Waals surface area contributed by atoms with Gasteiger partial charge >= 0.3 is 0 Å². The van der Waals surface area contributed by atoms with Crippen molar-refractivity contribution < 1.29 is 14.3 Å². The van der Waals surface area contributed by atoms with Crippen LogP contribution in [0.4, 0.5) is 0 Å². The summed E-state index contributed by atoms with van der Waals surface area (Å²) in [5.74, 6) is 0.730. The highest BCUT2D eigenvalue weighted by Crippen LogP contribution is 2.21. The molecule has 0 bridgehead atoms. The molecule has 0 saturated heterocycles. The number of methoxy groups -OCH3 is 1. The van der Waals surface area contributed by atoms with Crippen molar-refractivity contribution >= 4 is 28.9 Å². The average molecular weight is 292 g/mol. The molecular formula is C9H9IO3. The Hall–Kier alpha value is -0.620. The largest absolute Gasteiger partial charge is 0.466 e. The van der Waals surface area contributed by atoms with Crippen molar-refractivity contribution in [2.75, 3.05) is 13.9 Å². The molecule has 0 heterocycles. The predicted molar refractivity (Wildman–Crippen MR) is 57.1 cm³/mol. The topological polar surface area (TPSA) is 35.5 Å². The first-order valence-electron chi connectivity index (χ1n) is 3.64. The lowest BCUT2D eigenvalue weighted by Gasteiger charge is -2.06. The second-order valence-electron chi connectivity index (χ2n) is 2.36. The minimum atomic E-state index is 0.219. The first-order valence-corrected chi connectivity index (χ1v) is 4.72. The maximum Gasteiger partial charge on any atom is 0.188 e. The van der Waals surface area contributed by atoms with Gasteiger partial charge in [0, 0.05) is 12.7 Å². The molecule has 0 unspecified atom stereocenters. The van der Waals surface area contributed by atoms with Gasteiger partial charge in [-0.15, -0.1) is 0 Å². The van der Waals surface area contributed by atoms with E-state index in [1.807, 2.05) is 0 Å². The molecule has 0 spiro atoms. The number of aldehydes is 1. The molecule has 1 rings (SSSR count). The van der Waals surface area contributed by atoms with Crippen LogP contribution in [0, 0.1) is 3.57 Å². The summed E-state index contributed by atoms with van der Waals surface area (Å²) >= 11 is 2.11. The predicted octanol–water partition coefficient (Wildman–Crippen LogP) is 2.09. The molecule has 0 aromatic heterocycles. The molecule has 0 aliphatic heterocycles. The number of hydrogen-bond donors (Lipinski definition) is 0. The molecule has 0 aliphatic rings. The summed E-state index contributed by atoms with van der Waals surface area (Å²) in [6.07, 6.45) is 0.808. The molecule has 0 fully saturated rings. The summed E-state index contributed by atoms with van der Waals surface area (Å²) in [6.45, 7) is 0.219. The van der Waals surface area contributed by atoms with Crippen LogP contribution in [-0.2, 0) is 4.74 Å². The summed E-state index contributed by atoms with van der Waals surface area (Å²) in [7, 11) is 1.56. The number of hydrogen-bond acceptors (Lipinski definition) is 3. The monoisotopic (exact) mass is 292 g/mol. The summed E-state index contributed by atoms with van der Waals surface area (Å²) in [6, 6.07) is 5.23. The van der Waals surface area contributed by atoms with Crippen LogP contribution >= 0.6 is 22.6 Å². The number of carbonyl (C=O) groups excluding carboxylic acids is 1. The number of carbonyl (C=O) groups is 1. The highest BCUT2D eigenvalue weighted by Gasteiger charge is 2.01. The lowest BCUT2D eigenvalue weighted by Crippen LogP contribution is -2.00. The van der Waals surface area contributed by atoms with E-state index >= 15 is 0 Å². The Morgan fingerprint density at radius 1 is 1.54 bits per heavy atom. The molecule has 1 aromatic rings. The molecule has 1 aromatic carbocycles. The Morgan fingerprint density at radius 3 is 2.85 bits per heavy atom. The Bertz CT molecular complexity index is 299. The number of ether oxygens (including phenoxy) is 2. The number of halogens is 1. The first-order chi connectivity index (χ1) is 6.27. The highest BCUT2D eigenvalue weighted by molar-refractivity contribution is 14.1. The molecule has 3 nitrogen and oxygen atoms in total. The van der Waals surface area contributed by atoms with Gasteiger partial charge in [0.2, 0.25) is 0 Å². The zero-order valence-corrected chi connectivity index (χ0v) is 9.28. The molecule has 4 heteroatoms. The fourth-order valence-electron chi connectivity index (χ4n) is 0.830. The third-order valence-electron chi connectivity index (χ3n) is 1.42. The SMILES string of the molecule is COCOc1ccc(C=O)cc1I. The average Bonchev–Trinajstić information content (AvgIpc) is 2.16. The number of benzene rings is 1. The van der Waals surface area contributed by atoms with E-state index < -0.39 is 0 Å². The van der Waals surface area contributed by atoms with Gasteiger partial charge in [0.05, 0.1) is 3.57 Å². The molecule has 70 valence electrons. The first kappa shape index (κ1) is 10.5. The zero-order valence-electron chi connectivity index (χ0n) is 7.12. The third-order valence-corrected chi connectivity index (χ3v) is 2.27. The smallest absolute Gasteiger partial charge is 0.188 e. The lowest BCUT2D eigenvalue weighted by molar-refractivity contribution is 0.0505. The van der Waals surface area contributed by atoms with Crippen LogP contribution in [0.5, 0.6) is 5.75 Å². The third kappa shape index (κ3) is 2.96. The Morgan fingerprint density at radius 2 is 2.31 bits per heavy atom. The normalized spacial score (nSPS) is 9.69. The molecule has 0 saturated carbocycles. The van der Waals surface area contributed by atoms with Crippen molar-refractivity contribution in [3.8, 4) is 5.75 Å². The van der Waals surface area contributed by atoms with E-state index in [-0.39, 0.29) is 6.79 Å². The molecule has 0 radical (unpaired) electrons. The lowest BCUT2D eigenvalue weighted by atomic mass is 10.2. The Labute approximate surface area is 90.2 Å². The van der Waals surface area contributed by atoms with Gasteiger partial charge in [0.15, 0.2) is 6.79 Å². The Kier molecular flexibility index (Phi) is 4.17. The van der Waals surface area contributed by atoms with Crippen molar-refractivity contribution in [3.05, 3.63) is 27.3 Å². The Balaban J connectivity index is 2.79. The van der Waals surface area contributed by atoms with Crippen LogP contribution in [0.15, 0.2) is 18.2 Å². The van der Waals surface area contributed by atoms with Crippen LogP contribution in [0.3, 0.4) is 0 Å². The van der Waals surface area contributed by atoms with E-state index in [0.717, 1.165) is 15.6 Å². The van der Waals surface area contributed by atoms with Gasteiger partial charge in [-0.05, 0) is 40.8 Å². The molecule has 0 aliphatic carbocycles. The van der Waals surface area contributed by atoms with Crippen LogP contribution in [-0.4, -0.2) is 20.2 Å². The molecule has 0 amide bonds. The van der Waals surface area contributed by atoms with E-state index in [9.17, 15) is 4.79 Å². The maximum absolute atomic E-state index is 10.4. The standard InChI is InChI=1S/C9H9IO3/c1-12-6-13-9-3-2-7(5-11)4-8(9)10/h2-5H,6H2,1H3. The molecule has 13 heavy (non-hydrogen) atoms. The summed E-state index contributed by atoms with van der Waals surface area (Å²) in [5, 5.41) is 0. The minimum absolute atomic E-state index is 0.219. The van der Waals surface area contributed by atoms with Crippen LogP contribution < -0.4 is 4.74 Å². The summed E-state index contributed by atoms with van der Waals surface area (Å²) in [5.41, 5.74) is 0.647. The second-order valence-corrected chi connectivity index (χ2v) is 3.52. The van der Waals surface area contributed by atoms with Crippen molar-refractivity contribution in [3.63, 3.8) is 0 Å². The van der Waals surface area contributed by atoms with Gasteiger partial charge in [0.1, 0.15) is 12.0 Å². The molecule has 0 N–H and O–H groups in total. The van der Waals surface area contributed by atoms with Crippen molar-refractivity contribution in [2.24, 2.45) is 0 Å². The van der Waals surface area contributed by atoms with Crippen molar-refractivity contribution in [2.45, 2.75) is 0 Å². The van der Waals surface area contributed by atoms with Gasteiger partial charge in [0.25, 0.3) is 0 Å².